The van der Waals surface area contributed by atoms with E-state index < -0.39 is 7.12 Å². The van der Waals surface area contributed by atoms with E-state index in [4.69, 9.17) is 4.65 Å². The maximum Gasteiger partial charge on any atom is 0.491 e. The molecule has 7 heteroatoms. The molecule has 0 spiro atoms. The minimum atomic E-state index is -0.940. The van der Waals surface area contributed by atoms with E-state index in [1.165, 1.54) is 11.3 Å². The summed E-state index contributed by atoms with van der Waals surface area (Å²) in [5, 5.41) is 14.8. The van der Waals surface area contributed by atoms with E-state index in [-0.39, 0.29) is 5.91 Å². The molecule has 5 nitrogen and oxygen atoms in total. The van der Waals surface area contributed by atoms with Gasteiger partial charge in [-0.3, -0.25) is 10.1 Å². The molecule has 19 heavy (non-hydrogen) atoms. The molecule has 0 aliphatic carbocycles. The molecule has 3 rings (SSSR count). The second kappa shape index (κ2) is 4.77. The first kappa shape index (κ1) is 12.3. The van der Waals surface area contributed by atoms with E-state index >= 15 is 0 Å². The zero-order valence-electron chi connectivity index (χ0n) is 10.2. The summed E-state index contributed by atoms with van der Waals surface area (Å²) < 4.78 is 5.09. The molecule has 0 bridgehead atoms. The molecule has 1 aromatic carbocycles. The number of carbonyl (C=O) groups is 1. The van der Waals surface area contributed by atoms with Gasteiger partial charge in [-0.15, -0.1) is 11.3 Å². The van der Waals surface area contributed by atoms with Crippen molar-refractivity contribution in [2.75, 3.05) is 5.32 Å². The third-order valence-corrected chi connectivity index (χ3v) is 3.79. The topological polar surface area (TPSA) is 71.5 Å². The largest absolute Gasteiger partial charge is 0.491 e. The van der Waals surface area contributed by atoms with Crippen LogP contribution >= 0.6 is 11.3 Å². The fourth-order valence-corrected chi connectivity index (χ4v) is 2.62. The van der Waals surface area contributed by atoms with Crippen molar-refractivity contribution in [1.82, 2.24) is 4.98 Å². The van der Waals surface area contributed by atoms with E-state index in [1.807, 2.05) is 12.3 Å². The summed E-state index contributed by atoms with van der Waals surface area (Å²) in [5.41, 5.74) is 2.92. The molecule has 2 N–H and O–H groups in total. The molecular weight excluding hydrogens is 263 g/mol. The van der Waals surface area contributed by atoms with Crippen LogP contribution in [0, 0.1) is 6.92 Å². The Balaban J connectivity index is 1.82. The van der Waals surface area contributed by atoms with Crippen molar-refractivity contribution in [2.24, 2.45) is 0 Å². The Hall–Kier alpha value is -1.70. The Bertz CT molecular complexity index is 644. The number of fused-ring (bicyclic) bond motifs is 1. The van der Waals surface area contributed by atoms with Crippen molar-refractivity contribution in [3.8, 4) is 0 Å². The second-order valence-corrected chi connectivity index (χ2v) is 5.18. The van der Waals surface area contributed by atoms with Crippen LogP contribution in [0.5, 0.6) is 0 Å². The summed E-state index contributed by atoms with van der Waals surface area (Å²) in [6.07, 6.45) is 0. The molecule has 96 valence electrons. The summed E-state index contributed by atoms with van der Waals surface area (Å²) in [6, 6.07) is 5.17. The summed E-state index contributed by atoms with van der Waals surface area (Å²) in [7, 11) is -0.940. The van der Waals surface area contributed by atoms with Gasteiger partial charge in [0.2, 0.25) is 0 Å². The van der Waals surface area contributed by atoms with Gasteiger partial charge in [0.1, 0.15) is 0 Å². The molecule has 0 saturated carbocycles. The number of aryl methyl sites for hydroxylation is 1. The molecule has 1 aliphatic heterocycles. The normalized spacial score (nSPS) is 13.5. The van der Waals surface area contributed by atoms with Gasteiger partial charge in [-0.2, -0.15) is 0 Å². The van der Waals surface area contributed by atoms with Crippen molar-refractivity contribution in [1.29, 1.82) is 0 Å². The highest BCUT2D eigenvalue weighted by atomic mass is 32.1. The molecule has 1 aromatic heterocycles. The van der Waals surface area contributed by atoms with Crippen molar-refractivity contribution < 1.29 is 14.5 Å². The lowest BCUT2D eigenvalue weighted by atomic mass is 9.79. The zero-order chi connectivity index (χ0) is 13.4. The van der Waals surface area contributed by atoms with Crippen LogP contribution in [0.4, 0.5) is 5.13 Å². The highest BCUT2D eigenvalue weighted by molar-refractivity contribution is 7.13. The predicted molar refractivity (Wildman–Crippen MR) is 73.6 cm³/mol. The van der Waals surface area contributed by atoms with E-state index in [0.29, 0.717) is 22.8 Å². The lowest BCUT2D eigenvalue weighted by molar-refractivity contribution is 0.102. The summed E-state index contributed by atoms with van der Waals surface area (Å²) in [4.78, 5) is 16.2. The number of thiazole rings is 1. The van der Waals surface area contributed by atoms with Gasteiger partial charge >= 0.3 is 7.12 Å². The smallest absolute Gasteiger partial charge is 0.423 e. The maximum absolute atomic E-state index is 12.1. The first-order valence-electron chi connectivity index (χ1n) is 5.79. The molecule has 0 atom stereocenters. The average Bonchev–Trinajstić information content (AvgIpc) is 2.96. The summed E-state index contributed by atoms with van der Waals surface area (Å²) >= 11 is 1.38. The minimum absolute atomic E-state index is 0.240. The third-order valence-electron chi connectivity index (χ3n) is 2.91. The van der Waals surface area contributed by atoms with Gasteiger partial charge in [-0.1, -0.05) is 6.07 Å². The highest BCUT2D eigenvalue weighted by Gasteiger charge is 2.28. The van der Waals surface area contributed by atoms with Gasteiger partial charge in [0.15, 0.2) is 5.13 Å². The first-order chi connectivity index (χ1) is 9.13. The lowest BCUT2D eigenvalue weighted by Crippen LogP contribution is -2.29. The molecular formula is C12H11BN2O3S. The van der Waals surface area contributed by atoms with Crippen molar-refractivity contribution in [3.63, 3.8) is 0 Å². The number of aromatic nitrogens is 1. The quantitative estimate of drug-likeness (QED) is 0.799. The molecule has 0 radical (unpaired) electrons. The fraction of sp³-hybridized carbons (Fsp3) is 0.167. The molecule has 0 saturated heterocycles. The van der Waals surface area contributed by atoms with Crippen LogP contribution < -0.4 is 10.8 Å². The number of amides is 1. The number of carbonyl (C=O) groups excluding carboxylic acids is 1. The number of rotatable bonds is 2. The Morgan fingerprint density at radius 3 is 3.16 bits per heavy atom. The number of nitrogens with one attached hydrogen (secondary N) is 1. The molecule has 2 heterocycles. The summed E-state index contributed by atoms with van der Waals surface area (Å²) in [6.45, 7) is 2.25. The van der Waals surface area contributed by atoms with Crippen molar-refractivity contribution in [3.05, 3.63) is 40.4 Å². The van der Waals surface area contributed by atoms with E-state index in [1.54, 1.807) is 18.2 Å². The van der Waals surface area contributed by atoms with Crippen LogP contribution in [0.15, 0.2) is 23.6 Å². The van der Waals surface area contributed by atoms with E-state index in [0.717, 1.165) is 11.3 Å². The van der Waals surface area contributed by atoms with Crippen LogP contribution in [0.1, 0.15) is 21.6 Å². The number of hydrogen-bond acceptors (Lipinski definition) is 5. The van der Waals surface area contributed by atoms with Crippen molar-refractivity contribution >= 4 is 35.0 Å². The van der Waals surface area contributed by atoms with Gasteiger partial charge in [0.05, 0.1) is 12.3 Å². The minimum Gasteiger partial charge on any atom is -0.423 e. The fourth-order valence-electron chi connectivity index (χ4n) is 1.94. The zero-order valence-corrected chi connectivity index (χ0v) is 11.0. The molecule has 0 fully saturated rings. The van der Waals surface area contributed by atoms with Gasteiger partial charge in [0.25, 0.3) is 5.91 Å². The maximum atomic E-state index is 12.1. The van der Waals surface area contributed by atoms with Gasteiger partial charge < -0.3 is 9.68 Å². The molecule has 1 aliphatic rings. The lowest BCUT2D eigenvalue weighted by Gasteiger charge is -2.04. The van der Waals surface area contributed by atoms with Gasteiger partial charge in [0, 0.05) is 10.9 Å². The highest BCUT2D eigenvalue weighted by Crippen LogP contribution is 2.16. The standard InChI is InChI=1S/C12H11BN2O3S/c1-7-6-19-12(14-7)15-11(16)8-2-3-9-5-18-13(17)10(9)4-8/h2-4,6,17H,5H2,1H3,(H,14,15,16). The first-order valence-corrected chi connectivity index (χ1v) is 6.67. The Morgan fingerprint density at radius 2 is 2.42 bits per heavy atom. The SMILES string of the molecule is Cc1csc(NC(=O)c2ccc3c(c2)B(O)OC3)n1. The monoisotopic (exact) mass is 274 g/mol. The van der Waals surface area contributed by atoms with E-state index in [9.17, 15) is 9.82 Å². The second-order valence-electron chi connectivity index (χ2n) is 4.33. The number of hydrogen-bond donors (Lipinski definition) is 2. The van der Waals surface area contributed by atoms with Gasteiger partial charge in [-0.05, 0) is 30.1 Å². The molecule has 1 amide bonds. The third kappa shape index (κ3) is 2.40. The van der Waals surface area contributed by atoms with Gasteiger partial charge in [-0.25, -0.2) is 4.98 Å². The van der Waals surface area contributed by atoms with Crippen LogP contribution in [-0.4, -0.2) is 23.0 Å². The van der Waals surface area contributed by atoms with Crippen LogP contribution in [-0.2, 0) is 11.3 Å². The number of benzene rings is 1. The molecule has 0 unspecified atom stereocenters. The Morgan fingerprint density at radius 1 is 1.58 bits per heavy atom. The van der Waals surface area contributed by atoms with Crippen LogP contribution in [0.2, 0.25) is 0 Å². The number of anilines is 1. The van der Waals surface area contributed by atoms with E-state index in [2.05, 4.69) is 10.3 Å². The predicted octanol–water partition coefficient (Wildman–Crippen LogP) is 0.922. The molecule has 2 aromatic rings. The summed E-state index contributed by atoms with van der Waals surface area (Å²) in [5.74, 6) is -0.240. The average molecular weight is 274 g/mol. The van der Waals surface area contributed by atoms with Crippen LogP contribution in [0.3, 0.4) is 0 Å². The van der Waals surface area contributed by atoms with Crippen LogP contribution in [0.25, 0.3) is 0 Å². The Kier molecular flexibility index (Phi) is 3.10. The van der Waals surface area contributed by atoms with Crippen molar-refractivity contribution in [2.45, 2.75) is 13.5 Å². The number of nitrogens with zero attached hydrogens (tertiary/aromatic N) is 1. The Labute approximate surface area is 114 Å².